The van der Waals surface area contributed by atoms with Crippen LogP contribution in [-0.4, -0.2) is 57.4 Å². The van der Waals surface area contributed by atoms with Crippen molar-refractivity contribution >= 4 is 40.6 Å². The molecular weight excluding hydrogens is 496 g/mol. The summed E-state index contributed by atoms with van der Waals surface area (Å²) in [6.07, 6.45) is 0. The fourth-order valence-electron chi connectivity index (χ4n) is 4.41. The number of para-hydroxylation sites is 2. The number of piperazine rings is 1. The molecule has 0 saturated carbocycles. The molecule has 7 nitrogen and oxygen atoms in total. The maximum atomic E-state index is 13.2. The van der Waals surface area contributed by atoms with Gasteiger partial charge in [0.25, 0.3) is 5.91 Å². The predicted octanol–water partition coefficient (Wildman–Crippen LogP) is 5.14. The Morgan fingerprint density at radius 2 is 1.55 bits per heavy atom. The highest BCUT2D eigenvalue weighted by Gasteiger charge is 2.24. The molecule has 0 aliphatic carbocycles. The van der Waals surface area contributed by atoms with Gasteiger partial charge in [-0.25, -0.2) is 0 Å². The molecule has 3 aromatic carbocycles. The third kappa shape index (κ3) is 7.22. The van der Waals surface area contributed by atoms with Crippen LogP contribution in [-0.2, 0) is 4.79 Å². The number of hydrogen-bond acceptors (Lipinski definition) is 6. The molecule has 0 bridgehead atoms. The van der Waals surface area contributed by atoms with Crippen molar-refractivity contribution < 1.29 is 14.3 Å². The Labute approximate surface area is 229 Å². The summed E-state index contributed by atoms with van der Waals surface area (Å²) >= 11 is 1.48. The van der Waals surface area contributed by atoms with Gasteiger partial charge < -0.3 is 25.2 Å². The second-order valence-electron chi connectivity index (χ2n) is 9.63. The number of carbonyl (C=O) groups is 2. The number of thioether (sulfide) groups is 1. The Kier molecular flexibility index (Phi) is 9.54. The van der Waals surface area contributed by atoms with Crippen molar-refractivity contribution in [3.8, 4) is 5.75 Å². The summed E-state index contributed by atoms with van der Waals surface area (Å²) in [4.78, 5) is 31.5. The van der Waals surface area contributed by atoms with Crippen LogP contribution in [0.2, 0.25) is 0 Å². The molecule has 38 heavy (non-hydrogen) atoms. The molecule has 4 rings (SSSR count). The number of rotatable bonds is 10. The molecule has 0 radical (unpaired) electrons. The molecule has 1 fully saturated rings. The van der Waals surface area contributed by atoms with Gasteiger partial charge in [-0.2, -0.15) is 0 Å². The van der Waals surface area contributed by atoms with Gasteiger partial charge in [-0.15, -0.1) is 11.8 Å². The molecule has 3 aromatic rings. The van der Waals surface area contributed by atoms with Crippen LogP contribution >= 0.6 is 11.8 Å². The van der Waals surface area contributed by atoms with E-state index in [1.165, 1.54) is 11.8 Å². The normalized spacial score (nSPS) is 13.4. The molecule has 1 aliphatic heterocycles. The summed E-state index contributed by atoms with van der Waals surface area (Å²) in [5.74, 6) is 1.26. The molecule has 0 aromatic heterocycles. The number of nitrogens with zero attached hydrogens (tertiary/aromatic N) is 2. The van der Waals surface area contributed by atoms with Crippen molar-refractivity contribution in [3.63, 3.8) is 0 Å². The number of nitrogens with one attached hydrogen (secondary N) is 2. The van der Waals surface area contributed by atoms with E-state index in [0.29, 0.717) is 29.5 Å². The molecule has 1 saturated heterocycles. The lowest BCUT2D eigenvalue weighted by Crippen LogP contribution is -2.47. The zero-order valence-electron chi connectivity index (χ0n) is 22.3. The molecule has 2 N–H and O–H groups in total. The molecule has 2 amide bonds. The summed E-state index contributed by atoms with van der Waals surface area (Å²) in [6, 6.07) is 23.5. The van der Waals surface area contributed by atoms with Crippen LogP contribution in [0.5, 0.6) is 5.75 Å². The summed E-state index contributed by atoms with van der Waals surface area (Å²) in [5.41, 5.74) is 3.15. The minimum Gasteiger partial charge on any atom is -0.495 e. The van der Waals surface area contributed by atoms with Crippen LogP contribution in [0, 0.1) is 5.92 Å². The van der Waals surface area contributed by atoms with E-state index in [1.54, 1.807) is 13.2 Å². The first-order chi connectivity index (χ1) is 18.4. The first-order valence-corrected chi connectivity index (χ1v) is 14.0. The Bertz CT molecular complexity index is 1230. The number of anilines is 3. The quantitative estimate of drug-likeness (QED) is 0.353. The summed E-state index contributed by atoms with van der Waals surface area (Å²) < 4.78 is 5.55. The number of amides is 2. The van der Waals surface area contributed by atoms with E-state index in [1.807, 2.05) is 60.7 Å². The maximum absolute atomic E-state index is 13.2. The van der Waals surface area contributed by atoms with E-state index in [-0.39, 0.29) is 11.8 Å². The lowest BCUT2D eigenvalue weighted by Gasteiger charge is -2.38. The van der Waals surface area contributed by atoms with E-state index in [2.05, 4.69) is 40.3 Å². The second-order valence-corrected chi connectivity index (χ2v) is 10.7. The summed E-state index contributed by atoms with van der Waals surface area (Å²) in [7, 11) is 1.69. The average molecular weight is 533 g/mol. The second kappa shape index (κ2) is 13.2. The van der Waals surface area contributed by atoms with Crippen LogP contribution in [0.1, 0.15) is 24.2 Å². The number of benzene rings is 3. The predicted molar refractivity (Wildman–Crippen MR) is 157 cm³/mol. The largest absolute Gasteiger partial charge is 0.495 e. The average Bonchev–Trinajstić information content (AvgIpc) is 2.95. The van der Waals surface area contributed by atoms with Gasteiger partial charge in [0.1, 0.15) is 5.75 Å². The van der Waals surface area contributed by atoms with Gasteiger partial charge >= 0.3 is 0 Å². The Morgan fingerprint density at radius 1 is 0.895 bits per heavy atom. The third-order valence-corrected chi connectivity index (χ3v) is 7.37. The van der Waals surface area contributed by atoms with Gasteiger partial charge in [-0.1, -0.05) is 44.2 Å². The van der Waals surface area contributed by atoms with Crippen LogP contribution in [0.15, 0.2) is 77.7 Å². The summed E-state index contributed by atoms with van der Waals surface area (Å²) in [6.45, 7) is 7.87. The molecule has 0 unspecified atom stereocenters. The Morgan fingerprint density at radius 3 is 2.24 bits per heavy atom. The van der Waals surface area contributed by atoms with Crippen molar-refractivity contribution in [1.29, 1.82) is 0 Å². The van der Waals surface area contributed by atoms with Crippen molar-refractivity contribution in [2.24, 2.45) is 5.92 Å². The smallest absolute Gasteiger partial charge is 0.253 e. The summed E-state index contributed by atoms with van der Waals surface area (Å²) in [5, 5.41) is 6.01. The SMILES string of the molecule is COc1ccccc1N1CCN(c2ccc(NC(=O)CSc3ccccc3)cc2C(=O)NCC(C)C)CC1. The fraction of sp³-hybridized carbons (Fsp3) is 0.333. The lowest BCUT2D eigenvalue weighted by atomic mass is 10.1. The third-order valence-electron chi connectivity index (χ3n) is 6.36. The van der Waals surface area contributed by atoms with Gasteiger partial charge in [0.2, 0.25) is 5.91 Å². The van der Waals surface area contributed by atoms with Gasteiger partial charge in [0.05, 0.1) is 24.1 Å². The van der Waals surface area contributed by atoms with Crippen molar-refractivity contribution in [2.75, 3.05) is 60.7 Å². The van der Waals surface area contributed by atoms with Crippen LogP contribution in [0.4, 0.5) is 17.1 Å². The minimum atomic E-state index is -0.129. The highest BCUT2D eigenvalue weighted by atomic mass is 32.2. The van der Waals surface area contributed by atoms with Gasteiger partial charge in [-0.3, -0.25) is 9.59 Å². The van der Waals surface area contributed by atoms with E-state index >= 15 is 0 Å². The van der Waals surface area contributed by atoms with Crippen molar-refractivity contribution in [1.82, 2.24) is 5.32 Å². The Hall–Kier alpha value is -3.65. The first kappa shape index (κ1) is 27.4. The number of carbonyl (C=O) groups excluding carboxylic acids is 2. The number of ether oxygens (including phenoxy) is 1. The van der Waals surface area contributed by atoms with E-state index < -0.39 is 0 Å². The monoisotopic (exact) mass is 532 g/mol. The first-order valence-electron chi connectivity index (χ1n) is 13.0. The van der Waals surface area contributed by atoms with E-state index in [9.17, 15) is 9.59 Å². The molecule has 0 atom stereocenters. The topological polar surface area (TPSA) is 73.9 Å². The van der Waals surface area contributed by atoms with Gasteiger partial charge in [-0.05, 0) is 48.4 Å². The molecular formula is C30H36N4O3S. The number of hydrogen-bond donors (Lipinski definition) is 2. The van der Waals surface area contributed by atoms with Crippen LogP contribution in [0.3, 0.4) is 0 Å². The minimum absolute atomic E-state index is 0.106. The van der Waals surface area contributed by atoms with E-state index in [4.69, 9.17) is 4.74 Å². The molecule has 1 heterocycles. The zero-order chi connectivity index (χ0) is 26.9. The van der Waals surface area contributed by atoms with E-state index in [0.717, 1.165) is 48.2 Å². The standard InChI is InChI=1S/C30H36N4O3S/c1-22(2)20-31-30(36)25-19-23(32-29(35)21-38-24-9-5-4-6-10-24)13-14-26(25)33-15-17-34(18-16-33)27-11-7-8-12-28(27)37-3/h4-14,19,22H,15-18,20-21H2,1-3H3,(H,31,36)(H,32,35). The highest BCUT2D eigenvalue weighted by Crippen LogP contribution is 2.31. The fourth-order valence-corrected chi connectivity index (χ4v) is 5.12. The van der Waals surface area contributed by atoms with Crippen molar-refractivity contribution in [2.45, 2.75) is 18.7 Å². The molecule has 8 heteroatoms. The molecule has 1 aliphatic rings. The number of methoxy groups -OCH3 is 1. The van der Waals surface area contributed by atoms with Crippen LogP contribution in [0.25, 0.3) is 0 Å². The zero-order valence-corrected chi connectivity index (χ0v) is 23.1. The van der Waals surface area contributed by atoms with Gasteiger partial charge in [0.15, 0.2) is 0 Å². The highest BCUT2D eigenvalue weighted by molar-refractivity contribution is 8.00. The molecule has 0 spiro atoms. The Balaban J connectivity index is 1.47. The maximum Gasteiger partial charge on any atom is 0.253 e. The van der Waals surface area contributed by atoms with Crippen molar-refractivity contribution in [3.05, 3.63) is 78.4 Å². The molecule has 200 valence electrons. The van der Waals surface area contributed by atoms with Crippen LogP contribution < -0.4 is 25.2 Å². The van der Waals surface area contributed by atoms with Gasteiger partial charge in [0, 0.05) is 49.0 Å². The lowest BCUT2D eigenvalue weighted by molar-refractivity contribution is -0.113.